The monoisotopic (exact) mass is 363 g/mol. The summed E-state index contributed by atoms with van der Waals surface area (Å²) in [4.78, 5) is 14.7. The fourth-order valence-electron chi connectivity index (χ4n) is 3.63. The number of aromatic nitrogens is 3. The number of rotatable bonds is 4. The van der Waals surface area contributed by atoms with E-state index in [0.717, 1.165) is 27.9 Å². The summed E-state index contributed by atoms with van der Waals surface area (Å²) in [5, 5.41) is 4.21. The summed E-state index contributed by atoms with van der Waals surface area (Å²) < 4.78 is 0. The van der Waals surface area contributed by atoms with Crippen LogP contribution in [0, 0.1) is 13.8 Å². The molecule has 26 heavy (non-hydrogen) atoms. The summed E-state index contributed by atoms with van der Waals surface area (Å²) in [5.41, 5.74) is 5.52. The molecular weight excluding hydrogens is 342 g/mol. The van der Waals surface area contributed by atoms with E-state index in [4.69, 9.17) is 12.2 Å². The van der Waals surface area contributed by atoms with E-state index in [1.165, 1.54) is 5.56 Å². The number of aryl methyl sites for hydroxylation is 2. The molecule has 5 nitrogen and oxygen atoms in total. The molecule has 6 heteroatoms. The molecule has 0 spiro atoms. The average Bonchev–Trinajstić information content (AvgIpc) is 3.15. The quantitative estimate of drug-likeness (QED) is 0.694. The van der Waals surface area contributed by atoms with Crippen LogP contribution in [-0.2, 0) is 6.54 Å². The molecule has 1 fully saturated rings. The van der Waals surface area contributed by atoms with Crippen molar-refractivity contribution in [3.05, 3.63) is 83.2 Å². The molecule has 4 rings (SSSR count). The van der Waals surface area contributed by atoms with Gasteiger partial charge in [-0.05, 0) is 62.0 Å². The molecule has 0 radical (unpaired) electrons. The molecule has 3 aromatic heterocycles. The van der Waals surface area contributed by atoms with Crippen LogP contribution in [0.4, 0.5) is 0 Å². The van der Waals surface area contributed by atoms with Crippen molar-refractivity contribution in [1.29, 1.82) is 0 Å². The van der Waals surface area contributed by atoms with Gasteiger partial charge in [0.05, 0.1) is 30.0 Å². The molecule has 0 bridgehead atoms. The van der Waals surface area contributed by atoms with Crippen molar-refractivity contribution >= 4 is 17.3 Å². The third kappa shape index (κ3) is 3.08. The standard InChI is InChI=1S/C20H21N5S/c1-13-11-16(14(2)23-13)19-18(17-8-4-6-10-22-17)24-20(26)25(19)12-15-7-3-5-9-21-15/h3-11,18-19,23H,12H2,1-2H3,(H,24,26)/t18-,19+/m0/s1. The first-order valence-corrected chi connectivity index (χ1v) is 9.08. The lowest BCUT2D eigenvalue weighted by atomic mass is 9.96. The number of nitrogens with one attached hydrogen (secondary N) is 2. The molecule has 2 N–H and O–H groups in total. The van der Waals surface area contributed by atoms with Crippen molar-refractivity contribution in [2.75, 3.05) is 0 Å². The molecular formula is C20H21N5S. The number of thiocarbonyl (C=S) groups is 1. The summed E-state index contributed by atoms with van der Waals surface area (Å²) in [6.07, 6.45) is 3.65. The molecule has 3 aromatic rings. The van der Waals surface area contributed by atoms with Gasteiger partial charge in [0, 0.05) is 23.8 Å². The van der Waals surface area contributed by atoms with Gasteiger partial charge in [0.25, 0.3) is 0 Å². The van der Waals surface area contributed by atoms with Crippen LogP contribution in [0.5, 0.6) is 0 Å². The van der Waals surface area contributed by atoms with Crippen molar-refractivity contribution in [2.24, 2.45) is 0 Å². The minimum atomic E-state index is 0.00122. The normalized spacial score (nSPS) is 19.6. The lowest BCUT2D eigenvalue weighted by Gasteiger charge is -2.27. The van der Waals surface area contributed by atoms with Crippen LogP contribution in [0.25, 0.3) is 0 Å². The van der Waals surface area contributed by atoms with Crippen LogP contribution < -0.4 is 5.32 Å². The van der Waals surface area contributed by atoms with Gasteiger partial charge >= 0.3 is 0 Å². The molecule has 4 heterocycles. The summed E-state index contributed by atoms with van der Waals surface area (Å²) in [6, 6.07) is 14.2. The minimum Gasteiger partial charge on any atom is -0.362 e. The smallest absolute Gasteiger partial charge is 0.170 e. The van der Waals surface area contributed by atoms with E-state index in [1.807, 2.05) is 48.8 Å². The minimum absolute atomic E-state index is 0.00122. The van der Waals surface area contributed by atoms with Gasteiger partial charge in [-0.25, -0.2) is 0 Å². The molecule has 0 saturated carbocycles. The predicted octanol–water partition coefficient (Wildman–Crippen LogP) is 3.59. The Morgan fingerprint density at radius 2 is 1.85 bits per heavy atom. The maximum atomic E-state index is 5.69. The first-order chi connectivity index (χ1) is 12.6. The molecule has 2 atom stereocenters. The highest BCUT2D eigenvalue weighted by molar-refractivity contribution is 7.80. The van der Waals surface area contributed by atoms with E-state index in [1.54, 1.807) is 0 Å². The molecule has 0 unspecified atom stereocenters. The van der Waals surface area contributed by atoms with Crippen molar-refractivity contribution in [3.63, 3.8) is 0 Å². The highest BCUT2D eigenvalue weighted by Gasteiger charge is 2.40. The van der Waals surface area contributed by atoms with Gasteiger partial charge in [-0.2, -0.15) is 0 Å². The molecule has 0 aromatic carbocycles. The maximum absolute atomic E-state index is 5.69. The largest absolute Gasteiger partial charge is 0.362 e. The van der Waals surface area contributed by atoms with E-state index >= 15 is 0 Å². The third-order valence-electron chi connectivity index (χ3n) is 4.76. The SMILES string of the molecule is Cc1cc([C@@H]2[C@H](c3ccccn3)NC(=S)N2Cc2ccccn2)c(C)[nH]1. The zero-order chi connectivity index (χ0) is 18.1. The molecule has 1 aliphatic heterocycles. The Hall–Kier alpha value is -2.73. The van der Waals surface area contributed by atoms with Crippen molar-refractivity contribution in [3.8, 4) is 0 Å². The predicted molar refractivity (Wildman–Crippen MR) is 105 cm³/mol. The molecule has 1 aliphatic rings. The number of hydrogen-bond donors (Lipinski definition) is 2. The van der Waals surface area contributed by atoms with E-state index in [9.17, 15) is 0 Å². The van der Waals surface area contributed by atoms with E-state index in [0.29, 0.717) is 6.54 Å². The van der Waals surface area contributed by atoms with Crippen LogP contribution in [-0.4, -0.2) is 25.0 Å². The Labute approximate surface area is 158 Å². The number of H-pyrrole nitrogens is 1. The second-order valence-corrected chi connectivity index (χ2v) is 6.99. The first kappa shape index (κ1) is 16.7. The van der Waals surface area contributed by atoms with E-state index < -0.39 is 0 Å². The summed E-state index contributed by atoms with van der Waals surface area (Å²) in [6.45, 7) is 4.85. The molecule has 0 aliphatic carbocycles. The van der Waals surface area contributed by atoms with Gasteiger partial charge in [0.15, 0.2) is 5.11 Å². The molecule has 0 amide bonds. The Morgan fingerprint density at radius 3 is 2.46 bits per heavy atom. The zero-order valence-corrected chi connectivity index (χ0v) is 15.6. The Morgan fingerprint density at radius 1 is 1.08 bits per heavy atom. The van der Waals surface area contributed by atoms with Gasteiger partial charge in [0.2, 0.25) is 0 Å². The summed E-state index contributed by atoms with van der Waals surface area (Å²) in [7, 11) is 0. The number of pyridine rings is 2. The Bertz CT molecular complexity index is 906. The van der Waals surface area contributed by atoms with Crippen molar-refractivity contribution in [1.82, 2.24) is 25.2 Å². The van der Waals surface area contributed by atoms with Gasteiger partial charge in [-0.1, -0.05) is 12.1 Å². The summed E-state index contributed by atoms with van der Waals surface area (Å²) >= 11 is 5.69. The topological polar surface area (TPSA) is 56.8 Å². The van der Waals surface area contributed by atoms with E-state index in [2.05, 4.69) is 45.1 Å². The van der Waals surface area contributed by atoms with Crippen LogP contribution in [0.15, 0.2) is 54.9 Å². The van der Waals surface area contributed by atoms with Crippen LogP contribution in [0.1, 0.15) is 40.4 Å². The first-order valence-electron chi connectivity index (χ1n) is 8.67. The molecule has 1 saturated heterocycles. The van der Waals surface area contributed by atoms with Crippen LogP contribution in [0.3, 0.4) is 0 Å². The van der Waals surface area contributed by atoms with Crippen LogP contribution >= 0.6 is 12.2 Å². The average molecular weight is 363 g/mol. The third-order valence-corrected chi connectivity index (χ3v) is 5.12. The van der Waals surface area contributed by atoms with E-state index in [-0.39, 0.29) is 12.1 Å². The summed E-state index contributed by atoms with van der Waals surface area (Å²) in [5.74, 6) is 0. The Balaban J connectivity index is 1.76. The van der Waals surface area contributed by atoms with Gasteiger partial charge in [-0.15, -0.1) is 0 Å². The van der Waals surface area contributed by atoms with Crippen LogP contribution in [0.2, 0.25) is 0 Å². The van der Waals surface area contributed by atoms with Gasteiger partial charge < -0.3 is 15.2 Å². The number of nitrogens with zero attached hydrogens (tertiary/aromatic N) is 3. The fraction of sp³-hybridized carbons (Fsp3) is 0.250. The zero-order valence-electron chi connectivity index (χ0n) is 14.8. The second-order valence-electron chi connectivity index (χ2n) is 6.61. The number of aromatic amines is 1. The maximum Gasteiger partial charge on any atom is 0.170 e. The fourth-order valence-corrected chi connectivity index (χ4v) is 3.94. The number of hydrogen-bond acceptors (Lipinski definition) is 3. The second kappa shape index (κ2) is 6.88. The lowest BCUT2D eigenvalue weighted by molar-refractivity contribution is 0.307. The van der Waals surface area contributed by atoms with Gasteiger partial charge in [-0.3, -0.25) is 9.97 Å². The molecule has 132 valence electrons. The Kier molecular flexibility index (Phi) is 4.42. The van der Waals surface area contributed by atoms with Crippen molar-refractivity contribution < 1.29 is 0 Å². The highest BCUT2D eigenvalue weighted by atomic mass is 32.1. The van der Waals surface area contributed by atoms with Gasteiger partial charge in [0.1, 0.15) is 0 Å². The van der Waals surface area contributed by atoms with Crippen molar-refractivity contribution in [2.45, 2.75) is 32.5 Å². The highest BCUT2D eigenvalue weighted by Crippen LogP contribution is 2.40. The lowest BCUT2D eigenvalue weighted by Crippen LogP contribution is -2.29.